The highest BCUT2D eigenvalue weighted by Crippen LogP contribution is 2.22. The molecule has 2 heterocycles. The van der Waals surface area contributed by atoms with Crippen molar-refractivity contribution < 1.29 is 9.59 Å². The van der Waals surface area contributed by atoms with Gasteiger partial charge in [-0.05, 0) is 60.7 Å². The van der Waals surface area contributed by atoms with Crippen LogP contribution >= 0.6 is 23.1 Å². The van der Waals surface area contributed by atoms with Gasteiger partial charge in [0, 0.05) is 34.2 Å². The first kappa shape index (κ1) is 22.8. The summed E-state index contributed by atoms with van der Waals surface area (Å²) in [5, 5.41) is 8.59. The molecule has 168 valence electrons. The van der Waals surface area contributed by atoms with Gasteiger partial charge in [-0.25, -0.2) is 4.98 Å². The zero-order valence-corrected chi connectivity index (χ0v) is 20.0. The van der Waals surface area contributed by atoms with Gasteiger partial charge in [-0.1, -0.05) is 36.0 Å². The third-order valence-corrected chi connectivity index (χ3v) is 6.84. The van der Waals surface area contributed by atoms with E-state index in [0.29, 0.717) is 17.3 Å². The lowest BCUT2D eigenvalue weighted by atomic mass is 10.1. The minimum absolute atomic E-state index is 0.0926. The maximum absolute atomic E-state index is 12.6. The number of hydrogen-bond donors (Lipinski definition) is 2. The highest BCUT2D eigenvalue weighted by Gasteiger charge is 2.12. The third kappa shape index (κ3) is 5.91. The molecule has 0 aliphatic rings. The van der Waals surface area contributed by atoms with Gasteiger partial charge in [0.25, 0.3) is 5.91 Å². The quantitative estimate of drug-likeness (QED) is 0.342. The van der Waals surface area contributed by atoms with Gasteiger partial charge in [0.2, 0.25) is 5.91 Å². The number of benzene rings is 2. The van der Waals surface area contributed by atoms with Crippen LogP contribution in [0.25, 0.3) is 5.69 Å². The third-order valence-electron chi connectivity index (χ3n) is 5.00. The summed E-state index contributed by atoms with van der Waals surface area (Å²) in [5.41, 5.74) is 4.33. The van der Waals surface area contributed by atoms with Crippen LogP contribution in [0, 0.1) is 13.8 Å². The Bertz CT molecular complexity index is 1270. The molecule has 0 saturated carbocycles. The van der Waals surface area contributed by atoms with Crippen LogP contribution in [0.3, 0.4) is 0 Å². The molecule has 4 aromatic rings. The summed E-state index contributed by atoms with van der Waals surface area (Å²) in [6.07, 6.45) is 3.52. The number of rotatable bonds is 8. The summed E-state index contributed by atoms with van der Waals surface area (Å²) in [6.45, 7) is 4.47. The highest BCUT2D eigenvalue weighted by molar-refractivity contribution is 7.99. The Hall–Kier alpha value is -3.36. The SMILES string of the molecule is Cc1ccc(C)c(NC(=O)CSc2nccn2-c2cccc(C(=O)NCc3cccs3)c2)c1. The molecule has 0 radical (unpaired) electrons. The van der Waals surface area contributed by atoms with Gasteiger partial charge < -0.3 is 10.6 Å². The Morgan fingerprint density at radius 3 is 2.79 bits per heavy atom. The van der Waals surface area contributed by atoms with Gasteiger partial charge in [0.15, 0.2) is 5.16 Å². The topological polar surface area (TPSA) is 76.0 Å². The van der Waals surface area contributed by atoms with Crippen molar-refractivity contribution in [3.05, 3.63) is 93.9 Å². The second kappa shape index (κ2) is 10.5. The predicted octanol–water partition coefficient (Wildman–Crippen LogP) is 5.21. The smallest absolute Gasteiger partial charge is 0.251 e. The molecule has 0 unspecified atom stereocenters. The van der Waals surface area contributed by atoms with Gasteiger partial charge in [0.1, 0.15) is 0 Å². The molecule has 2 aromatic heterocycles. The molecule has 8 heteroatoms. The zero-order valence-electron chi connectivity index (χ0n) is 18.4. The number of hydrogen-bond acceptors (Lipinski definition) is 5. The molecular formula is C25H24N4O2S2. The van der Waals surface area contributed by atoms with E-state index in [0.717, 1.165) is 27.4 Å². The number of thiophene rings is 1. The number of nitrogens with zero attached hydrogens (tertiary/aromatic N) is 2. The molecule has 2 amide bonds. The molecule has 0 aliphatic carbocycles. The van der Waals surface area contributed by atoms with Crippen molar-refractivity contribution in [1.82, 2.24) is 14.9 Å². The number of imidazole rings is 1. The van der Waals surface area contributed by atoms with Crippen LogP contribution in [0.1, 0.15) is 26.4 Å². The molecule has 0 spiro atoms. The van der Waals surface area contributed by atoms with Crippen molar-refractivity contribution in [2.45, 2.75) is 25.5 Å². The summed E-state index contributed by atoms with van der Waals surface area (Å²) in [5.74, 6) is 0.00296. The molecule has 33 heavy (non-hydrogen) atoms. The first-order valence-corrected chi connectivity index (χ1v) is 12.3. The van der Waals surface area contributed by atoms with E-state index in [1.165, 1.54) is 11.8 Å². The number of anilines is 1. The van der Waals surface area contributed by atoms with Crippen LogP contribution in [0.15, 0.2) is 77.5 Å². The lowest BCUT2D eigenvalue weighted by Crippen LogP contribution is -2.22. The molecule has 0 atom stereocenters. The first-order chi connectivity index (χ1) is 16.0. The van der Waals surface area contributed by atoms with Crippen molar-refractivity contribution in [2.75, 3.05) is 11.1 Å². The lowest BCUT2D eigenvalue weighted by Gasteiger charge is -2.11. The number of nitrogens with one attached hydrogen (secondary N) is 2. The largest absolute Gasteiger partial charge is 0.347 e. The van der Waals surface area contributed by atoms with Crippen LogP contribution in [0.2, 0.25) is 0 Å². The Morgan fingerprint density at radius 1 is 1.09 bits per heavy atom. The Kier molecular flexibility index (Phi) is 7.26. The molecule has 0 aliphatic heterocycles. The molecule has 0 bridgehead atoms. The number of aromatic nitrogens is 2. The highest BCUT2D eigenvalue weighted by atomic mass is 32.2. The van der Waals surface area contributed by atoms with E-state index in [1.54, 1.807) is 23.6 Å². The van der Waals surface area contributed by atoms with Gasteiger partial charge in [0.05, 0.1) is 12.3 Å². The van der Waals surface area contributed by atoms with Crippen molar-refractivity contribution >= 4 is 40.6 Å². The Morgan fingerprint density at radius 2 is 1.97 bits per heavy atom. The van der Waals surface area contributed by atoms with E-state index in [9.17, 15) is 9.59 Å². The fourth-order valence-electron chi connectivity index (χ4n) is 3.26. The first-order valence-electron chi connectivity index (χ1n) is 10.4. The molecule has 2 N–H and O–H groups in total. The van der Waals surface area contributed by atoms with Crippen molar-refractivity contribution in [3.63, 3.8) is 0 Å². The van der Waals surface area contributed by atoms with E-state index in [4.69, 9.17) is 0 Å². The summed E-state index contributed by atoms with van der Waals surface area (Å²) in [6, 6.07) is 17.3. The van der Waals surface area contributed by atoms with Crippen LogP contribution < -0.4 is 10.6 Å². The molecule has 4 rings (SSSR count). The van der Waals surface area contributed by atoms with Crippen LogP contribution in [-0.2, 0) is 11.3 Å². The number of thioether (sulfide) groups is 1. The standard InChI is InChI=1S/C25H24N4O2S2/c1-17-8-9-18(2)22(13-17)28-23(30)16-33-25-26-10-11-29(25)20-6-3-5-19(14-20)24(31)27-15-21-7-4-12-32-21/h3-14H,15-16H2,1-2H3,(H,27,31)(H,28,30). The van der Waals surface area contributed by atoms with E-state index >= 15 is 0 Å². The van der Waals surface area contributed by atoms with Gasteiger partial charge in [-0.2, -0.15) is 0 Å². The number of aryl methyl sites for hydroxylation is 2. The average molecular weight is 477 g/mol. The molecular weight excluding hydrogens is 452 g/mol. The summed E-state index contributed by atoms with van der Waals surface area (Å²) >= 11 is 2.96. The maximum atomic E-state index is 12.6. The maximum Gasteiger partial charge on any atom is 0.251 e. The summed E-state index contributed by atoms with van der Waals surface area (Å²) in [7, 11) is 0. The van der Waals surface area contributed by atoms with Crippen molar-refractivity contribution in [1.29, 1.82) is 0 Å². The number of amides is 2. The molecule has 6 nitrogen and oxygen atoms in total. The average Bonchev–Trinajstić information content (AvgIpc) is 3.51. The van der Waals surface area contributed by atoms with Crippen LogP contribution in [0.5, 0.6) is 0 Å². The van der Waals surface area contributed by atoms with Gasteiger partial charge in [-0.15, -0.1) is 11.3 Å². The monoisotopic (exact) mass is 476 g/mol. The fourth-order valence-corrected chi connectivity index (χ4v) is 4.68. The Balaban J connectivity index is 1.40. The summed E-state index contributed by atoms with van der Waals surface area (Å²) in [4.78, 5) is 30.6. The lowest BCUT2D eigenvalue weighted by molar-refractivity contribution is -0.113. The molecule has 0 fully saturated rings. The van der Waals surface area contributed by atoms with E-state index in [1.807, 2.05) is 78.5 Å². The van der Waals surface area contributed by atoms with Crippen LogP contribution in [0.4, 0.5) is 5.69 Å². The van der Waals surface area contributed by atoms with Crippen LogP contribution in [-0.4, -0.2) is 27.1 Å². The number of carbonyl (C=O) groups excluding carboxylic acids is 2. The minimum Gasteiger partial charge on any atom is -0.347 e. The van der Waals surface area contributed by atoms with Gasteiger partial charge >= 0.3 is 0 Å². The predicted molar refractivity (Wildman–Crippen MR) is 134 cm³/mol. The Labute approximate surface area is 201 Å². The number of carbonyl (C=O) groups is 2. The second-order valence-corrected chi connectivity index (χ2v) is 9.52. The van der Waals surface area contributed by atoms with Gasteiger partial charge in [-0.3, -0.25) is 14.2 Å². The second-order valence-electron chi connectivity index (χ2n) is 7.55. The minimum atomic E-state index is -0.132. The molecule has 0 saturated heterocycles. The van der Waals surface area contributed by atoms with Crippen molar-refractivity contribution in [3.8, 4) is 5.69 Å². The summed E-state index contributed by atoms with van der Waals surface area (Å²) < 4.78 is 1.88. The van der Waals surface area contributed by atoms with E-state index in [-0.39, 0.29) is 17.6 Å². The van der Waals surface area contributed by atoms with Crippen molar-refractivity contribution in [2.24, 2.45) is 0 Å². The fraction of sp³-hybridized carbons (Fsp3) is 0.160. The molecule has 2 aromatic carbocycles. The normalized spacial score (nSPS) is 10.7. The van der Waals surface area contributed by atoms with E-state index < -0.39 is 0 Å². The zero-order chi connectivity index (χ0) is 23.2. The van der Waals surface area contributed by atoms with E-state index in [2.05, 4.69) is 15.6 Å².